The highest BCUT2D eigenvalue weighted by molar-refractivity contribution is 6.16. The molecule has 5 heteroatoms. The van der Waals surface area contributed by atoms with Crippen LogP contribution < -0.4 is 0 Å². The Morgan fingerprint density at radius 1 is 1.37 bits per heavy atom. The predicted molar refractivity (Wildman–Crippen MR) is 71.3 cm³/mol. The second-order valence-corrected chi connectivity index (χ2v) is 5.63. The molecular formula is C14H15ClF2N2. The molecule has 19 heavy (non-hydrogen) atoms. The standard InChI is InChI=1S/C14H15ClF2N2/c1-8-2-3-10(4-8)19-12-6-9(16)5-11(17)14(12)18-13(19)7-15/h5-6,8,10H,2-4,7H2,1H3. The Balaban J connectivity index is 2.20. The molecule has 1 aromatic heterocycles. The fraction of sp³-hybridized carbons (Fsp3) is 0.500. The third-order valence-electron chi connectivity index (χ3n) is 3.94. The molecule has 3 rings (SSSR count). The van der Waals surface area contributed by atoms with E-state index in [1.165, 1.54) is 6.07 Å². The van der Waals surface area contributed by atoms with Gasteiger partial charge in [0.05, 0.1) is 11.4 Å². The summed E-state index contributed by atoms with van der Waals surface area (Å²) in [5, 5.41) is 0. The molecule has 2 aromatic rings. The van der Waals surface area contributed by atoms with Gasteiger partial charge < -0.3 is 4.57 Å². The van der Waals surface area contributed by atoms with E-state index in [1.807, 2.05) is 4.57 Å². The minimum Gasteiger partial charge on any atom is -0.324 e. The lowest BCUT2D eigenvalue weighted by atomic mass is 10.1. The molecule has 2 nitrogen and oxygen atoms in total. The molecule has 102 valence electrons. The molecule has 2 atom stereocenters. The van der Waals surface area contributed by atoms with Gasteiger partial charge in [-0.15, -0.1) is 11.6 Å². The maximum Gasteiger partial charge on any atom is 0.153 e. The van der Waals surface area contributed by atoms with E-state index in [4.69, 9.17) is 11.6 Å². The summed E-state index contributed by atoms with van der Waals surface area (Å²) >= 11 is 5.91. The number of hydrogen-bond acceptors (Lipinski definition) is 1. The van der Waals surface area contributed by atoms with Crippen molar-refractivity contribution in [3.63, 3.8) is 0 Å². The number of fused-ring (bicyclic) bond motifs is 1. The molecule has 0 N–H and O–H groups in total. The first-order valence-electron chi connectivity index (χ1n) is 6.52. The third-order valence-corrected chi connectivity index (χ3v) is 4.18. The molecule has 1 heterocycles. The van der Waals surface area contributed by atoms with Crippen LogP contribution in [0.1, 0.15) is 38.1 Å². The highest BCUT2D eigenvalue weighted by Crippen LogP contribution is 2.37. The molecule has 1 aliphatic rings. The Morgan fingerprint density at radius 3 is 2.79 bits per heavy atom. The van der Waals surface area contributed by atoms with E-state index >= 15 is 0 Å². The lowest BCUT2D eigenvalue weighted by Gasteiger charge is -2.16. The lowest BCUT2D eigenvalue weighted by Crippen LogP contribution is -2.08. The number of benzene rings is 1. The van der Waals surface area contributed by atoms with Crippen LogP contribution >= 0.6 is 11.6 Å². The molecule has 0 amide bonds. The fourth-order valence-electron chi connectivity index (χ4n) is 3.08. The van der Waals surface area contributed by atoms with E-state index in [9.17, 15) is 8.78 Å². The Bertz CT molecular complexity index is 623. The van der Waals surface area contributed by atoms with Gasteiger partial charge in [-0.3, -0.25) is 0 Å². The summed E-state index contributed by atoms with van der Waals surface area (Å²) in [5.41, 5.74) is 0.740. The van der Waals surface area contributed by atoms with Crippen molar-refractivity contribution < 1.29 is 8.78 Å². The molecule has 1 saturated carbocycles. The Hall–Kier alpha value is -1.16. The monoisotopic (exact) mass is 284 g/mol. The number of imidazole rings is 1. The Labute approximate surface area is 115 Å². The first-order chi connectivity index (χ1) is 9.10. The van der Waals surface area contributed by atoms with Gasteiger partial charge in [-0.2, -0.15) is 0 Å². The van der Waals surface area contributed by atoms with Crippen molar-refractivity contribution in [2.24, 2.45) is 5.92 Å². The SMILES string of the molecule is CC1CCC(n2c(CCl)nc3c(F)cc(F)cc32)C1. The Morgan fingerprint density at radius 2 is 2.16 bits per heavy atom. The summed E-state index contributed by atoms with van der Waals surface area (Å²) in [5.74, 6) is 0.273. The maximum atomic E-state index is 13.8. The van der Waals surface area contributed by atoms with E-state index in [0.29, 0.717) is 17.3 Å². The zero-order valence-corrected chi connectivity index (χ0v) is 11.4. The number of nitrogens with zero attached hydrogens (tertiary/aromatic N) is 2. The number of halogens is 3. The van der Waals surface area contributed by atoms with Crippen LogP contribution in [0.5, 0.6) is 0 Å². The number of alkyl halides is 1. The van der Waals surface area contributed by atoms with Crippen molar-refractivity contribution in [2.45, 2.75) is 38.1 Å². The van der Waals surface area contributed by atoms with Crippen LogP contribution in [0.2, 0.25) is 0 Å². The van der Waals surface area contributed by atoms with Crippen molar-refractivity contribution >= 4 is 22.6 Å². The molecule has 1 fully saturated rings. The average Bonchev–Trinajstić information content (AvgIpc) is 2.92. The van der Waals surface area contributed by atoms with Crippen molar-refractivity contribution in [1.82, 2.24) is 9.55 Å². The normalized spacial score (nSPS) is 23.4. The van der Waals surface area contributed by atoms with Gasteiger partial charge in [-0.05, 0) is 31.2 Å². The van der Waals surface area contributed by atoms with Crippen molar-refractivity contribution in [2.75, 3.05) is 0 Å². The highest BCUT2D eigenvalue weighted by Gasteiger charge is 2.27. The summed E-state index contributed by atoms with van der Waals surface area (Å²) < 4.78 is 29.2. The molecule has 0 bridgehead atoms. The van der Waals surface area contributed by atoms with Gasteiger partial charge in [0.15, 0.2) is 5.82 Å². The second kappa shape index (κ2) is 4.75. The van der Waals surface area contributed by atoms with Crippen LogP contribution in [-0.4, -0.2) is 9.55 Å². The molecule has 1 aromatic carbocycles. The van der Waals surface area contributed by atoms with Gasteiger partial charge in [0, 0.05) is 12.1 Å². The quantitative estimate of drug-likeness (QED) is 0.747. The minimum absolute atomic E-state index is 0.209. The van der Waals surface area contributed by atoms with Gasteiger partial charge in [0.25, 0.3) is 0 Å². The van der Waals surface area contributed by atoms with Gasteiger partial charge in [0.2, 0.25) is 0 Å². The predicted octanol–water partition coefficient (Wildman–Crippen LogP) is 4.41. The van der Waals surface area contributed by atoms with Crippen molar-refractivity contribution in [3.05, 3.63) is 29.6 Å². The number of rotatable bonds is 2. The zero-order chi connectivity index (χ0) is 13.6. The molecule has 0 saturated heterocycles. The number of hydrogen-bond donors (Lipinski definition) is 0. The highest BCUT2D eigenvalue weighted by atomic mass is 35.5. The average molecular weight is 285 g/mol. The van der Waals surface area contributed by atoms with Crippen LogP contribution in [0.4, 0.5) is 8.78 Å². The summed E-state index contributed by atoms with van der Waals surface area (Å²) in [6.07, 6.45) is 3.14. The van der Waals surface area contributed by atoms with Crippen LogP contribution in [0.15, 0.2) is 12.1 Å². The molecular weight excluding hydrogens is 270 g/mol. The van der Waals surface area contributed by atoms with E-state index in [1.54, 1.807) is 0 Å². The zero-order valence-electron chi connectivity index (χ0n) is 10.7. The van der Waals surface area contributed by atoms with E-state index in [2.05, 4.69) is 11.9 Å². The summed E-state index contributed by atoms with van der Waals surface area (Å²) in [7, 11) is 0. The van der Waals surface area contributed by atoms with Gasteiger partial charge in [-0.1, -0.05) is 6.92 Å². The topological polar surface area (TPSA) is 17.8 Å². The first-order valence-corrected chi connectivity index (χ1v) is 7.05. The largest absolute Gasteiger partial charge is 0.324 e. The fourth-order valence-corrected chi connectivity index (χ4v) is 3.27. The maximum absolute atomic E-state index is 13.8. The van der Waals surface area contributed by atoms with Crippen molar-refractivity contribution in [1.29, 1.82) is 0 Å². The van der Waals surface area contributed by atoms with Gasteiger partial charge >= 0.3 is 0 Å². The number of aromatic nitrogens is 2. The van der Waals surface area contributed by atoms with E-state index in [0.717, 1.165) is 25.3 Å². The summed E-state index contributed by atoms with van der Waals surface area (Å²) in [4.78, 5) is 4.23. The van der Waals surface area contributed by atoms with Gasteiger partial charge in [-0.25, -0.2) is 13.8 Å². The van der Waals surface area contributed by atoms with E-state index in [-0.39, 0.29) is 17.4 Å². The molecule has 1 aliphatic carbocycles. The molecule has 0 spiro atoms. The summed E-state index contributed by atoms with van der Waals surface area (Å²) in [6, 6.07) is 2.47. The van der Waals surface area contributed by atoms with Crippen LogP contribution in [0.3, 0.4) is 0 Å². The van der Waals surface area contributed by atoms with Crippen LogP contribution in [0, 0.1) is 17.6 Å². The summed E-state index contributed by atoms with van der Waals surface area (Å²) in [6.45, 7) is 2.20. The second-order valence-electron chi connectivity index (χ2n) is 5.36. The molecule has 0 radical (unpaired) electrons. The Kier molecular flexibility index (Phi) is 3.21. The van der Waals surface area contributed by atoms with Crippen LogP contribution in [-0.2, 0) is 5.88 Å². The smallest absolute Gasteiger partial charge is 0.153 e. The van der Waals surface area contributed by atoms with Gasteiger partial charge in [0.1, 0.15) is 17.2 Å². The van der Waals surface area contributed by atoms with E-state index < -0.39 is 11.6 Å². The minimum atomic E-state index is -0.619. The van der Waals surface area contributed by atoms with Crippen molar-refractivity contribution in [3.8, 4) is 0 Å². The van der Waals surface area contributed by atoms with Crippen LogP contribution in [0.25, 0.3) is 11.0 Å². The lowest BCUT2D eigenvalue weighted by molar-refractivity contribution is 0.493. The molecule has 0 aliphatic heterocycles. The first kappa shape index (κ1) is 12.9. The molecule has 2 unspecified atom stereocenters. The third kappa shape index (κ3) is 2.12.